The van der Waals surface area contributed by atoms with Gasteiger partial charge in [-0.25, -0.2) is 0 Å². The number of hydrogen-bond donors (Lipinski definition) is 1. The standard InChI is InChI=1S/C15H23NO2/c1-15(2,3)16-11-9-14(17)18-12-10-13-7-5-4-6-8-13/h4-8,16H,9-12H2,1-3H3. The van der Waals surface area contributed by atoms with Gasteiger partial charge in [0.1, 0.15) is 0 Å². The van der Waals surface area contributed by atoms with Gasteiger partial charge in [-0.05, 0) is 26.3 Å². The van der Waals surface area contributed by atoms with Gasteiger partial charge in [0, 0.05) is 18.5 Å². The number of benzene rings is 1. The molecule has 0 heterocycles. The minimum atomic E-state index is -0.136. The summed E-state index contributed by atoms with van der Waals surface area (Å²) in [6, 6.07) is 10.0. The van der Waals surface area contributed by atoms with E-state index in [1.165, 1.54) is 5.56 Å². The lowest BCUT2D eigenvalue weighted by atomic mass is 10.1. The van der Waals surface area contributed by atoms with Crippen LogP contribution in [0.4, 0.5) is 0 Å². The molecule has 1 N–H and O–H groups in total. The lowest BCUT2D eigenvalue weighted by Gasteiger charge is -2.19. The summed E-state index contributed by atoms with van der Waals surface area (Å²) in [4.78, 5) is 11.5. The molecule has 0 bridgehead atoms. The van der Waals surface area contributed by atoms with Gasteiger partial charge in [-0.1, -0.05) is 30.3 Å². The molecule has 0 aliphatic carbocycles. The fraction of sp³-hybridized carbons (Fsp3) is 0.533. The fourth-order valence-electron chi connectivity index (χ4n) is 1.54. The van der Waals surface area contributed by atoms with Crippen molar-refractivity contribution in [1.29, 1.82) is 0 Å². The van der Waals surface area contributed by atoms with Crippen LogP contribution in [0.1, 0.15) is 32.8 Å². The number of hydrogen-bond acceptors (Lipinski definition) is 3. The van der Waals surface area contributed by atoms with Gasteiger partial charge in [0.05, 0.1) is 13.0 Å². The van der Waals surface area contributed by atoms with Gasteiger partial charge in [-0.15, -0.1) is 0 Å². The number of esters is 1. The van der Waals surface area contributed by atoms with Crippen LogP contribution in [0.25, 0.3) is 0 Å². The zero-order chi connectivity index (χ0) is 13.4. The van der Waals surface area contributed by atoms with Crippen LogP contribution >= 0.6 is 0 Å². The van der Waals surface area contributed by atoms with E-state index in [9.17, 15) is 4.79 Å². The van der Waals surface area contributed by atoms with Crippen molar-refractivity contribution in [2.75, 3.05) is 13.2 Å². The van der Waals surface area contributed by atoms with Crippen molar-refractivity contribution < 1.29 is 9.53 Å². The van der Waals surface area contributed by atoms with E-state index in [0.717, 1.165) is 6.42 Å². The monoisotopic (exact) mass is 249 g/mol. The Hall–Kier alpha value is -1.35. The van der Waals surface area contributed by atoms with Crippen LogP contribution in [0, 0.1) is 0 Å². The quantitative estimate of drug-likeness (QED) is 0.787. The summed E-state index contributed by atoms with van der Waals surface area (Å²) in [6.45, 7) is 7.35. The summed E-state index contributed by atoms with van der Waals surface area (Å²) < 4.78 is 5.18. The molecule has 0 saturated carbocycles. The molecule has 0 fully saturated rings. The molecule has 0 aliphatic heterocycles. The Balaban J connectivity index is 2.11. The molecular weight excluding hydrogens is 226 g/mol. The summed E-state index contributed by atoms with van der Waals surface area (Å²) >= 11 is 0. The van der Waals surface area contributed by atoms with Crippen molar-refractivity contribution in [2.45, 2.75) is 39.2 Å². The van der Waals surface area contributed by atoms with E-state index in [4.69, 9.17) is 4.74 Å². The molecule has 0 saturated heterocycles. The maximum Gasteiger partial charge on any atom is 0.307 e. The Morgan fingerprint density at radius 3 is 2.50 bits per heavy atom. The highest BCUT2D eigenvalue weighted by Crippen LogP contribution is 2.01. The Kier molecular flexibility index (Phi) is 5.86. The number of ether oxygens (including phenoxy) is 1. The van der Waals surface area contributed by atoms with Crippen molar-refractivity contribution in [3.8, 4) is 0 Å². The topological polar surface area (TPSA) is 38.3 Å². The summed E-state index contributed by atoms with van der Waals surface area (Å²) in [5.41, 5.74) is 1.24. The van der Waals surface area contributed by atoms with E-state index in [0.29, 0.717) is 19.6 Å². The van der Waals surface area contributed by atoms with Gasteiger partial charge in [-0.2, -0.15) is 0 Å². The highest BCUT2D eigenvalue weighted by atomic mass is 16.5. The summed E-state index contributed by atoms with van der Waals surface area (Å²) in [7, 11) is 0. The summed E-state index contributed by atoms with van der Waals surface area (Å²) in [5, 5.41) is 3.26. The third-order valence-corrected chi connectivity index (χ3v) is 2.48. The number of carbonyl (C=O) groups excluding carboxylic acids is 1. The van der Waals surface area contributed by atoms with Crippen LogP contribution in [0.5, 0.6) is 0 Å². The highest BCUT2D eigenvalue weighted by Gasteiger charge is 2.09. The van der Waals surface area contributed by atoms with Gasteiger partial charge >= 0.3 is 5.97 Å². The smallest absolute Gasteiger partial charge is 0.307 e. The lowest BCUT2D eigenvalue weighted by molar-refractivity contribution is -0.143. The van der Waals surface area contributed by atoms with E-state index in [1.54, 1.807) is 0 Å². The van der Waals surface area contributed by atoms with Gasteiger partial charge in [-0.3, -0.25) is 4.79 Å². The average Bonchev–Trinajstić information content (AvgIpc) is 2.28. The number of rotatable bonds is 6. The second kappa shape index (κ2) is 7.17. The Morgan fingerprint density at radius 1 is 1.22 bits per heavy atom. The van der Waals surface area contributed by atoms with Crippen LogP contribution in [0.15, 0.2) is 30.3 Å². The Labute approximate surface area is 110 Å². The molecule has 100 valence electrons. The third-order valence-electron chi connectivity index (χ3n) is 2.48. The molecule has 18 heavy (non-hydrogen) atoms. The van der Waals surface area contributed by atoms with Crippen molar-refractivity contribution >= 4 is 5.97 Å². The first kappa shape index (κ1) is 14.7. The molecule has 3 nitrogen and oxygen atoms in total. The van der Waals surface area contributed by atoms with Crippen LogP contribution < -0.4 is 5.32 Å². The number of carbonyl (C=O) groups is 1. The molecule has 0 amide bonds. The molecule has 1 aromatic carbocycles. The van der Waals surface area contributed by atoms with Crippen molar-refractivity contribution in [2.24, 2.45) is 0 Å². The molecule has 0 atom stereocenters. The zero-order valence-corrected chi connectivity index (χ0v) is 11.5. The molecule has 0 spiro atoms. The Bertz CT molecular complexity index is 355. The normalized spacial score (nSPS) is 11.3. The first-order valence-corrected chi connectivity index (χ1v) is 6.42. The molecular formula is C15H23NO2. The second-order valence-electron chi connectivity index (χ2n) is 5.38. The largest absolute Gasteiger partial charge is 0.465 e. The maximum atomic E-state index is 11.5. The minimum absolute atomic E-state index is 0.0460. The minimum Gasteiger partial charge on any atom is -0.465 e. The first-order chi connectivity index (χ1) is 8.47. The first-order valence-electron chi connectivity index (χ1n) is 6.42. The van der Waals surface area contributed by atoms with E-state index < -0.39 is 0 Å². The molecule has 0 aliphatic rings. The van der Waals surface area contributed by atoms with Crippen LogP contribution in [-0.2, 0) is 16.0 Å². The predicted molar refractivity (Wildman–Crippen MR) is 73.5 cm³/mol. The highest BCUT2D eigenvalue weighted by molar-refractivity contribution is 5.69. The molecule has 0 unspecified atom stereocenters. The van der Waals surface area contributed by atoms with E-state index in [1.807, 2.05) is 30.3 Å². The fourth-order valence-corrected chi connectivity index (χ4v) is 1.54. The molecule has 1 aromatic rings. The van der Waals surface area contributed by atoms with Crippen LogP contribution in [0.3, 0.4) is 0 Å². The third kappa shape index (κ3) is 7.07. The van der Waals surface area contributed by atoms with Gasteiger partial charge in [0.15, 0.2) is 0 Å². The van der Waals surface area contributed by atoms with Gasteiger partial charge in [0.25, 0.3) is 0 Å². The lowest BCUT2D eigenvalue weighted by Crippen LogP contribution is -2.37. The molecule has 1 rings (SSSR count). The van der Waals surface area contributed by atoms with E-state index >= 15 is 0 Å². The van der Waals surface area contributed by atoms with Crippen molar-refractivity contribution in [1.82, 2.24) is 5.32 Å². The molecule has 0 aromatic heterocycles. The Morgan fingerprint density at radius 2 is 1.89 bits per heavy atom. The number of nitrogens with one attached hydrogen (secondary N) is 1. The van der Waals surface area contributed by atoms with Crippen molar-refractivity contribution in [3.05, 3.63) is 35.9 Å². The molecule has 3 heteroatoms. The predicted octanol–water partition coefficient (Wildman–Crippen LogP) is 2.55. The molecule has 0 radical (unpaired) electrons. The van der Waals surface area contributed by atoms with Crippen molar-refractivity contribution in [3.63, 3.8) is 0 Å². The average molecular weight is 249 g/mol. The van der Waals surface area contributed by atoms with E-state index in [-0.39, 0.29) is 11.5 Å². The van der Waals surface area contributed by atoms with Gasteiger partial charge < -0.3 is 10.1 Å². The van der Waals surface area contributed by atoms with Gasteiger partial charge in [0.2, 0.25) is 0 Å². The zero-order valence-electron chi connectivity index (χ0n) is 11.5. The SMILES string of the molecule is CC(C)(C)NCCC(=O)OCCc1ccccc1. The van der Waals surface area contributed by atoms with E-state index in [2.05, 4.69) is 26.1 Å². The maximum absolute atomic E-state index is 11.5. The summed E-state index contributed by atoms with van der Waals surface area (Å²) in [6.07, 6.45) is 1.20. The second-order valence-corrected chi connectivity index (χ2v) is 5.38. The summed E-state index contributed by atoms with van der Waals surface area (Å²) in [5.74, 6) is -0.136. The van der Waals surface area contributed by atoms with Crippen LogP contribution in [-0.4, -0.2) is 24.7 Å². The van der Waals surface area contributed by atoms with Crippen LogP contribution in [0.2, 0.25) is 0 Å².